The van der Waals surface area contributed by atoms with E-state index in [0.717, 1.165) is 0 Å². The van der Waals surface area contributed by atoms with E-state index in [1.807, 2.05) is 0 Å². The molecule has 10 heteroatoms. The van der Waals surface area contributed by atoms with Gasteiger partial charge in [-0.3, -0.25) is 9.03 Å². The summed E-state index contributed by atoms with van der Waals surface area (Å²) in [4.78, 5) is 0.0490. The number of benzene rings is 2. The molecule has 26 heavy (non-hydrogen) atoms. The van der Waals surface area contributed by atoms with Crippen molar-refractivity contribution in [3.05, 3.63) is 42.5 Å². The van der Waals surface area contributed by atoms with Gasteiger partial charge in [0.15, 0.2) is 11.5 Å². The van der Waals surface area contributed by atoms with Gasteiger partial charge in [0.05, 0.1) is 16.3 Å². The van der Waals surface area contributed by atoms with Gasteiger partial charge in [-0.25, -0.2) is 16.8 Å². The molecule has 0 atom stereocenters. The number of fused-ring (bicyclic) bond motifs is 1. The lowest BCUT2D eigenvalue weighted by Crippen LogP contribution is -2.25. The zero-order valence-corrected chi connectivity index (χ0v) is 15.2. The molecule has 138 valence electrons. The van der Waals surface area contributed by atoms with Gasteiger partial charge in [-0.05, 0) is 42.8 Å². The van der Waals surface area contributed by atoms with Crippen LogP contribution in [-0.2, 0) is 20.0 Å². The van der Waals surface area contributed by atoms with Gasteiger partial charge in [0.2, 0.25) is 16.8 Å². The van der Waals surface area contributed by atoms with Gasteiger partial charge in [-0.2, -0.15) is 0 Å². The number of ether oxygens (including phenoxy) is 2. The SMILES string of the molecule is O=S(=O)(Nc1ccc(N2CCCS2(=O)=O)cc1)c1ccc2c(c1)OCO2. The lowest BCUT2D eigenvalue weighted by molar-refractivity contribution is 0.174. The van der Waals surface area contributed by atoms with E-state index in [1.165, 1.54) is 34.6 Å². The fraction of sp³-hybridized carbons (Fsp3) is 0.250. The normalized spacial score (nSPS) is 18.1. The lowest BCUT2D eigenvalue weighted by atomic mass is 10.3. The predicted octanol–water partition coefficient (Wildman–Crippen LogP) is 1.76. The highest BCUT2D eigenvalue weighted by Gasteiger charge is 2.28. The van der Waals surface area contributed by atoms with Crippen LogP contribution in [0, 0.1) is 0 Å². The summed E-state index contributed by atoms with van der Waals surface area (Å²) in [5, 5.41) is 0. The van der Waals surface area contributed by atoms with Crippen molar-refractivity contribution in [3.8, 4) is 11.5 Å². The number of rotatable bonds is 4. The fourth-order valence-corrected chi connectivity index (χ4v) is 5.52. The molecule has 2 heterocycles. The minimum Gasteiger partial charge on any atom is -0.454 e. The number of sulfonamides is 2. The highest BCUT2D eigenvalue weighted by atomic mass is 32.2. The predicted molar refractivity (Wildman–Crippen MR) is 95.6 cm³/mol. The lowest BCUT2D eigenvalue weighted by Gasteiger charge is -2.17. The van der Waals surface area contributed by atoms with Crippen molar-refractivity contribution in [2.45, 2.75) is 11.3 Å². The molecular formula is C16H16N2O6S2. The molecule has 0 unspecified atom stereocenters. The Hall–Kier alpha value is -2.46. The Morgan fingerprint density at radius 1 is 1.00 bits per heavy atom. The van der Waals surface area contributed by atoms with Crippen molar-refractivity contribution >= 4 is 31.4 Å². The van der Waals surface area contributed by atoms with E-state index >= 15 is 0 Å². The summed E-state index contributed by atoms with van der Waals surface area (Å²) in [7, 11) is -7.08. The third-order valence-electron chi connectivity index (χ3n) is 4.16. The minimum atomic E-state index is -3.81. The molecule has 0 bridgehead atoms. The Bertz CT molecular complexity index is 1050. The van der Waals surface area contributed by atoms with Crippen molar-refractivity contribution in [3.63, 3.8) is 0 Å². The van der Waals surface area contributed by atoms with Crippen LogP contribution in [0.2, 0.25) is 0 Å². The summed E-state index contributed by atoms with van der Waals surface area (Å²) in [6.45, 7) is 0.498. The molecular weight excluding hydrogens is 380 g/mol. The molecule has 4 rings (SSSR count). The zero-order valence-electron chi connectivity index (χ0n) is 13.6. The molecule has 2 aliphatic heterocycles. The largest absolute Gasteiger partial charge is 0.454 e. The summed E-state index contributed by atoms with van der Waals surface area (Å²) in [5.41, 5.74) is 0.858. The summed E-state index contributed by atoms with van der Waals surface area (Å²) < 4.78 is 63.1. The van der Waals surface area contributed by atoms with Crippen molar-refractivity contribution in [2.75, 3.05) is 28.1 Å². The summed E-state index contributed by atoms with van der Waals surface area (Å²) >= 11 is 0. The zero-order chi connectivity index (χ0) is 18.4. The third kappa shape index (κ3) is 3.06. The van der Waals surface area contributed by atoms with Gasteiger partial charge < -0.3 is 9.47 Å². The topological polar surface area (TPSA) is 102 Å². The number of nitrogens with one attached hydrogen (secondary N) is 1. The maximum absolute atomic E-state index is 12.5. The molecule has 2 aliphatic rings. The molecule has 0 spiro atoms. The first-order valence-electron chi connectivity index (χ1n) is 7.88. The molecule has 1 fully saturated rings. The fourth-order valence-electron chi connectivity index (χ4n) is 2.88. The Balaban J connectivity index is 1.55. The maximum Gasteiger partial charge on any atom is 0.262 e. The van der Waals surface area contributed by atoms with Crippen LogP contribution in [0.3, 0.4) is 0 Å². The summed E-state index contributed by atoms with van der Waals surface area (Å²) in [5.74, 6) is 1.01. The van der Waals surface area contributed by atoms with Crippen LogP contribution < -0.4 is 18.5 Å². The van der Waals surface area contributed by atoms with Gasteiger partial charge in [0.25, 0.3) is 10.0 Å². The third-order valence-corrected chi connectivity index (χ3v) is 7.41. The van der Waals surface area contributed by atoms with Crippen molar-refractivity contribution in [1.82, 2.24) is 0 Å². The standard InChI is InChI=1S/C16H16N2O6S2/c19-25(20)9-1-8-18(25)13-4-2-12(3-5-13)17-26(21,22)14-6-7-15-16(10-14)24-11-23-15/h2-7,10,17H,1,8-9,11H2. The molecule has 2 aromatic rings. The second-order valence-corrected chi connectivity index (χ2v) is 9.60. The smallest absolute Gasteiger partial charge is 0.262 e. The van der Waals surface area contributed by atoms with Crippen molar-refractivity contribution < 1.29 is 26.3 Å². The Morgan fingerprint density at radius 3 is 2.42 bits per heavy atom. The average Bonchev–Trinajstić information content (AvgIpc) is 3.20. The van der Waals surface area contributed by atoms with Gasteiger partial charge in [-0.1, -0.05) is 0 Å². The quantitative estimate of drug-likeness (QED) is 0.845. The van der Waals surface area contributed by atoms with Crippen molar-refractivity contribution in [2.24, 2.45) is 0 Å². The molecule has 0 radical (unpaired) electrons. The van der Waals surface area contributed by atoms with E-state index in [1.54, 1.807) is 12.1 Å². The van der Waals surface area contributed by atoms with Crippen molar-refractivity contribution in [1.29, 1.82) is 0 Å². The van der Waals surface area contributed by atoms with Crippen LogP contribution in [0.4, 0.5) is 11.4 Å². The molecule has 0 amide bonds. The first kappa shape index (κ1) is 17.0. The van der Waals surface area contributed by atoms with E-state index in [2.05, 4.69) is 4.72 Å². The highest BCUT2D eigenvalue weighted by Crippen LogP contribution is 2.34. The second-order valence-electron chi connectivity index (χ2n) is 5.91. The molecule has 0 saturated carbocycles. The molecule has 0 aliphatic carbocycles. The van der Waals surface area contributed by atoms with Gasteiger partial charge in [0, 0.05) is 18.3 Å². The molecule has 0 aromatic heterocycles. The first-order chi connectivity index (χ1) is 12.4. The van der Waals surface area contributed by atoms with E-state index < -0.39 is 20.0 Å². The monoisotopic (exact) mass is 396 g/mol. The minimum absolute atomic E-state index is 0.0490. The number of anilines is 2. The van der Waals surface area contributed by atoms with Crippen LogP contribution in [0.25, 0.3) is 0 Å². The number of hydrogen-bond donors (Lipinski definition) is 1. The van der Waals surface area contributed by atoms with Crippen LogP contribution in [0.5, 0.6) is 11.5 Å². The Kier molecular flexibility index (Phi) is 3.96. The molecule has 1 N–H and O–H groups in total. The second kappa shape index (κ2) is 6.06. The molecule has 1 saturated heterocycles. The number of nitrogens with zero attached hydrogens (tertiary/aromatic N) is 1. The Morgan fingerprint density at radius 2 is 1.73 bits per heavy atom. The van der Waals surface area contributed by atoms with E-state index in [0.29, 0.717) is 35.8 Å². The van der Waals surface area contributed by atoms with Crippen LogP contribution in [-0.4, -0.2) is 35.9 Å². The number of hydrogen-bond acceptors (Lipinski definition) is 6. The summed E-state index contributed by atoms with van der Waals surface area (Å²) in [6, 6.07) is 10.6. The van der Waals surface area contributed by atoms with Gasteiger partial charge in [0.1, 0.15) is 0 Å². The van der Waals surface area contributed by atoms with E-state index in [9.17, 15) is 16.8 Å². The summed E-state index contributed by atoms with van der Waals surface area (Å²) in [6.07, 6.45) is 0.584. The van der Waals surface area contributed by atoms with Crippen LogP contribution >= 0.6 is 0 Å². The first-order valence-corrected chi connectivity index (χ1v) is 11.0. The van der Waals surface area contributed by atoms with Gasteiger partial charge >= 0.3 is 0 Å². The maximum atomic E-state index is 12.5. The van der Waals surface area contributed by atoms with Gasteiger partial charge in [-0.15, -0.1) is 0 Å². The van der Waals surface area contributed by atoms with Crippen LogP contribution in [0.1, 0.15) is 6.42 Å². The molecule has 2 aromatic carbocycles. The molecule has 8 nitrogen and oxygen atoms in total. The average molecular weight is 396 g/mol. The van der Waals surface area contributed by atoms with E-state index in [-0.39, 0.29) is 17.4 Å². The Labute approximate surface area is 151 Å². The highest BCUT2D eigenvalue weighted by molar-refractivity contribution is 7.93. The van der Waals surface area contributed by atoms with Crippen LogP contribution in [0.15, 0.2) is 47.4 Å². The van der Waals surface area contributed by atoms with E-state index in [4.69, 9.17) is 9.47 Å².